The summed E-state index contributed by atoms with van der Waals surface area (Å²) >= 11 is 0. The summed E-state index contributed by atoms with van der Waals surface area (Å²) < 4.78 is 5.41. The summed E-state index contributed by atoms with van der Waals surface area (Å²) in [6.45, 7) is 2.13. The van der Waals surface area contributed by atoms with E-state index in [4.69, 9.17) is 4.74 Å². The summed E-state index contributed by atoms with van der Waals surface area (Å²) in [6, 6.07) is 13.6. The van der Waals surface area contributed by atoms with Gasteiger partial charge in [0.2, 0.25) is 5.91 Å². The van der Waals surface area contributed by atoms with Gasteiger partial charge in [-0.05, 0) is 48.6 Å². The Labute approximate surface area is 146 Å². The van der Waals surface area contributed by atoms with Gasteiger partial charge in [-0.25, -0.2) is 0 Å². The molecule has 0 bridgehead atoms. The van der Waals surface area contributed by atoms with E-state index in [0.717, 1.165) is 6.42 Å². The van der Waals surface area contributed by atoms with E-state index in [0.29, 0.717) is 23.0 Å². The lowest BCUT2D eigenvalue weighted by molar-refractivity contribution is -0.121. The molecule has 1 aliphatic carbocycles. The van der Waals surface area contributed by atoms with E-state index < -0.39 is 0 Å². The first-order valence-electron chi connectivity index (χ1n) is 8.44. The molecule has 2 aliphatic rings. The summed E-state index contributed by atoms with van der Waals surface area (Å²) in [5.41, 5.74) is 3.85. The highest BCUT2D eigenvalue weighted by molar-refractivity contribution is 6.00. The molecule has 0 unspecified atom stereocenters. The average Bonchev–Trinajstić information content (AvgIpc) is 3.40. The zero-order chi connectivity index (χ0) is 17.6. The molecule has 2 atom stereocenters. The number of carbonyl (C=O) groups is 2. The molecule has 5 nitrogen and oxygen atoms in total. The molecule has 4 rings (SSSR count). The molecular formula is C20H20N2O3. The first kappa shape index (κ1) is 15.7. The molecule has 1 saturated carbocycles. The number of hydrogen-bond acceptors (Lipinski definition) is 3. The van der Waals surface area contributed by atoms with Crippen molar-refractivity contribution in [2.45, 2.75) is 19.3 Å². The number of amides is 2. The number of likely N-dealkylation sites (N-methyl/N-ethyl adjacent to an activating group) is 1. The van der Waals surface area contributed by atoms with Crippen LogP contribution in [0.15, 0.2) is 42.5 Å². The second kappa shape index (κ2) is 5.92. The van der Waals surface area contributed by atoms with E-state index in [1.807, 2.05) is 18.2 Å². The Morgan fingerprint density at radius 2 is 2.04 bits per heavy atom. The van der Waals surface area contributed by atoms with Gasteiger partial charge in [0.1, 0.15) is 5.75 Å². The second-order valence-electron chi connectivity index (χ2n) is 6.72. The molecule has 0 aromatic heterocycles. The highest BCUT2D eigenvalue weighted by Crippen LogP contribution is 2.49. The number of ether oxygens (including phenoxy) is 1. The van der Waals surface area contributed by atoms with Gasteiger partial charge in [-0.2, -0.15) is 0 Å². The number of hydrogen-bond donors (Lipinski definition) is 1. The number of aryl methyl sites for hydroxylation is 1. The van der Waals surface area contributed by atoms with E-state index in [1.54, 1.807) is 24.1 Å². The van der Waals surface area contributed by atoms with Crippen LogP contribution in [-0.2, 0) is 9.59 Å². The molecule has 2 aromatic rings. The van der Waals surface area contributed by atoms with Gasteiger partial charge in [-0.3, -0.25) is 9.59 Å². The van der Waals surface area contributed by atoms with Crippen molar-refractivity contribution in [2.75, 3.05) is 23.9 Å². The number of nitrogens with zero attached hydrogens (tertiary/aromatic N) is 1. The highest BCUT2D eigenvalue weighted by atomic mass is 16.5. The molecule has 1 heterocycles. The fourth-order valence-electron chi connectivity index (χ4n) is 3.42. The monoisotopic (exact) mass is 336 g/mol. The van der Waals surface area contributed by atoms with Crippen LogP contribution in [0, 0.1) is 12.8 Å². The van der Waals surface area contributed by atoms with Crippen LogP contribution in [0.2, 0.25) is 0 Å². The van der Waals surface area contributed by atoms with Crippen molar-refractivity contribution >= 4 is 23.2 Å². The van der Waals surface area contributed by atoms with Gasteiger partial charge in [0, 0.05) is 18.7 Å². The summed E-state index contributed by atoms with van der Waals surface area (Å²) in [4.78, 5) is 25.9. The zero-order valence-electron chi connectivity index (χ0n) is 14.3. The van der Waals surface area contributed by atoms with Crippen LogP contribution < -0.4 is 15.0 Å². The van der Waals surface area contributed by atoms with Crippen LogP contribution in [0.3, 0.4) is 0 Å². The lowest BCUT2D eigenvalue weighted by Crippen LogP contribution is -2.35. The van der Waals surface area contributed by atoms with Crippen molar-refractivity contribution in [3.05, 3.63) is 53.6 Å². The quantitative estimate of drug-likeness (QED) is 0.937. The van der Waals surface area contributed by atoms with Gasteiger partial charge < -0.3 is 15.0 Å². The maximum Gasteiger partial charge on any atom is 0.264 e. The van der Waals surface area contributed by atoms with Gasteiger partial charge in [0.25, 0.3) is 5.91 Å². The minimum absolute atomic E-state index is 0.00717. The lowest BCUT2D eigenvalue weighted by atomic mass is 10.0. The minimum Gasteiger partial charge on any atom is -0.482 e. The molecule has 2 aromatic carbocycles. The molecule has 128 valence electrons. The summed E-state index contributed by atoms with van der Waals surface area (Å²) in [5.74, 6) is 0.889. The van der Waals surface area contributed by atoms with Crippen molar-refractivity contribution in [3.63, 3.8) is 0 Å². The minimum atomic E-state index is -0.0993. The molecule has 0 spiro atoms. The van der Waals surface area contributed by atoms with Crippen LogP contribution in [0.1, 0.15) is 23.5 Å². The first-order valence-corrected chi connectivity index (χ1v) is 8.44. The van der Waals surface area contributed by atoms with Gasteiger partial charge in [-0.15, -0.1) is 0 Å². The fourth-order valence-corrected chi connectivity index (χ4v) is 3.42. The Hall–Kier alpha value is -2.82. The molecule has 1 fully saturated rings. The average molecular weight is 336 g/mol. The normalized spacial score (nSPS) is 21.4. The number of benzene rings is 2. The summed E-state index contributed by atoms with van der Waals surface area (Å²) in [6.07, 6.45) is 0.878. The molecule has 2 amide bonds. The SMILES string of the molecule is Cc1ccccc1[C@@H]1C[C@H]1C(=O)Nc1ccc2c(c1)N(C)C(=O)CO2. The van der Waals surface area contributed by atoms with E-state index >= 15 is 0 Å². The molecular weight excluding hydrogens is 316 g/mol. The van der Waals surface area contributed by atoms with Crippen LogP contribution >= 0.6 is 0 Å². The van der Waals surface area contributed by atoms with Crippen molar-refractivity contribution in [1.82, 2.24) is 0 Å². The molecule has 0 radical (unpaired) electrons. The van der Waals surface area contributed by atoms with Gasteiger partial charge in [-0.1, -0.05) is 24.3 Å². The topological polar surface area (TPSA) is 58.6 Å². The largest absolute Gasteiger partial charge is 0.482 e. The van der Waals surface area contributed by atoms with E-state index in [-0.39, 0.29) is 24.3 Å². The van der Waals surface area contributed by atoms with Crippen LogP contribution in [0.25, 0.3) is 0 Å². The number of nitrogens with one attached hydrogen (secondary N) is 1. The van der Waals surface area contributed by atoms with Crippen LogP contribution in [0.5, 0.6) is 5.75 Å². The van der Waals surface area contributed by atoms with Crippen LogP contribution in [0.4, 0.5) is 11.4 Å². The predicted molar refractivity (Wildman–Crippen MR) is 96.0 cm³/mol. The number of fused-ring (bicyclic) bond motifs is 1. The first-order chi connectivity index (χ1) is 12.0. The van der Waals surface area contributed by atoms with E-state index in [2.05, 4.69) is 24.4 Å². The van der Waals surface area contributed by atoms with E-state index in [1.165, 1.54) is 11.1 Å². The Bertz CT molecular complexity index is 862. The molecule has 5 heteroatoms. The predicted octanol–water partition coefficient (Wildman–Crippen LogP) is 3.09. The standard InChI is InChI=1S/C20H20N2O3/c1-12-5-3-4-6-14(12)15-10-16(15)20(24)21-13-7-8-18-17(9-13)22(2)19(23)11-25-18/h3-9,15-16H,10-11H2,1-2H3,(H,21,24)/t15-,16+/m0/s1. The highest BCUT2D eigenvalue weighted by Gasteiger charge is 2.44. The second-order valence-corrected chi connectivity index (χ2v) is 6.72. The number of anilines is 2. The van der Waals surface area contributed by atoms with Crippen molar-refractivity contribution in [2.24, 2.45) is 5.92 Å². The van der Waals surface area contributed by atoms with Crippen LogP contribution in [-0.4, -0.2) is 25.5 Å². The lowest BCUT2D eigenvalue weighted by Gasteiger charge is -2.26. The summed E-state index contributed by atoms with van der Waals surface area (Å²) in [5, 5.41) is 2.98. The molecule has 1 N–H and O–H groups in total. The third-order valence-electron chi connectivity index (χ3n) is 5.03. The van der Waals surface area contributed by atoms with Crippen molar-refractivity contribution < 1.29 is 14.3 Å². The third kappa shape index (κ3) is 2.86. The molecule has 0 saturated heterocycles. The Morgan fingerprint density at radius 3 is 2.84 bits per heavy atom. The Balaban J connectivity index is 1.48. The third-order valence-corrected chi connectivity index (χ3v) is 5.03. The van der Waals surface area contributed by atoms with Gasteiger partial charge in [0.15, 0.2) is 6.61 Å². The van der Waals surface area contributed by atoms with Crippen molar-refractivity contribution in [1.29, 1.82) is 0 Å². The number of rotatable bonds is 3. The summed E-state index contributed by atoms with van der Waals surface area (Å²) in [7, 11) is 1.71. The molecule has 1 aliphatic heterocycles. The van der Waals surface area contributed by atoms with E-state index in [9.17, 15) is 9.59 Å². The van der Waals surface area contributed by atoms with Gasteiger partial charge in [0.05, 0.1) is 5.69 Å². The molecule has 25 heavy (non-hydrogen) atoms. The number of carbonyl (C=O) groups excluding carboxylic acids is 2. The Morgan fingerprint density at radius 1 is 1.24 bits per heavy atom. The van der Waals surface area contributed by atoms with Gasteiger partial charge >= 0.3 is 0 Å². The Kier molecular flexibility index (Phi) is 3.71. The zero-order valence-corrected chi connectivity index (χ0v) is 14.3. The van der Waals surface area contributed by atoms with Crippen molar-refractivity contribution in [3.8, 4) is 5.75 Å². The fraction of sp³-hybridized carbons (Fsp3) is 0.300. The maximum atomic E-state index is 12.6. The maximum absolute atomic E-state index is 12.6. The smallest absolute Gasteiger partial charge is 0.264 e.